The molecule has 52 heavy (non-hydrogen) atoms. The second kappa shape index (κ2) is 18.4. The second-order valence-corrected chi connectivity index (χ2v) is 21.3. The molecular weight excluding hydrogens is 667 g/mol. The summed E-state index contributed by atoms with van der Waals surface area (Å²) in [4.78, 5) is 28.4. The Kier molecular flexibility index (Phi) is 14.5. The van der Waals surface area contributed by atoms with Crippen LogP contribution < -0.4 is 5.32 Å². The van der Waals surface area contributed by atoms with Gasteiger partial charge in [0.25, 0.3) is 0 Å². The average molecular weight is 728 g/mol. The van der Waals surface area contributed by atoms with Crippen molar-refractivity contribution in [1.82, 2.24) is 5.32 Å². The molecule has 0 heterocycles. The molecule has 3 aromatic carbocycles. The quantitative estimate of drug-likeness (QED) is 0.0685. The van der Waals surface area contributed by atoms with Crippen LogP contribution in [-0.4, -0.2) is 45.2 Å². The molecule has 8 heteroatoms. The van der Waals surface area contributed by atoms with Crippen molar-refractivity contribution in [1.29, 1.82) is 0 Å². The third-order valence-corrected chi connectivity index (χ3v) is 15.6. The number of hydrogen-bond acceptors (Lipinski definition) is 6. The first kappa shape index (κ1) is 41.0. The molecule has 1 fully saturated rings. The predicted octanol–water partition coefficient (Wildman–Crippen LogP) is 10.2. The van der Waals surface area contributed by atoms with E-state index >= 15 is 0 Å². The van der Waals surface area contributed by atoms with Crippen molar-refractivity contribution < 1.29 is 28.2 Å². The van der Waals surface area contributed by atoms with Gasteiger partial charge in [-0.05, 0) is 71.5 Å². The fourth-order valence-corrected chi connectivity index (χ4v) is 7.70. The van der Waals surface area contributed by atoms with E-state index in [2.05, 4.69) is 84.2 Å². The lowest BCUT2D eigenvalue weighted by molar-refractivity contribution is -0.165. The van der Waals surface area contributed by atoms with Crippen molar-refractivity contribution in [3.8, 4) is 0 Å². The van der Waals surface area contributed by atoms with Gasteiger partial charge in [0.2, 0.25) is 0 Å². The normalized spacial score (nSPS) is 19.5. The summed E-state index contributed by atoms with van der Waals surface area (Å²) in [7, 11) is -1.98. The van der Waals surface area contributed by atoms with E-state index in [9.17, 15) is 9.59 Å². The first-order valence-corrected chi connectivity index (χ1v) is 21.7. The van der Waals surface area contributed by atoms with Crippen LogP contribution in [0.1, 0.15) is 83.9 Å². The Morgan fingerprint density at radius 3 is 2.00 bits per heavy atom. The summed E-state index contributed by atoms with van der Waals surface area (Å²) in [6.07, 6.45) is 5.78. The summed E-state index contributed by atoms with van der Waals surface area (Å²) in [5.74, 6) is -0.104. The Morgan fingerprint density at radius 2 is 1.40 bits per heavy atom. The smallest absolute Gasteiger partial charge is 0.408 e. The van der Waals surface area contributed by atoms with E-state index in [0.717, 1.165) is 30.4 Å². The van der Waals surface area contributed by atoms with Crippen LogP contribution in [0.2, 0.25) is 18.1 Å². The highest BCUT2D eigenvalue weighted by atomic mass is 28.4. The zero-order valence-electron chi connectivity index (χ0n) is 32.7. The number of amides is 1. The van der Waals surface area contributed by atoms with E-state index in [1.54, 1.807) is 6.08 Å². The number of carbonyl (C=O) groups is 2. The molecule has 1 saturated carbocycles. The van der Waals surface area contributed by atoms with Crippen LogP contribution in [0, 0.1) is 11.8 Å². The molecule has 282 valence electrons. The predicted molar refractivity (Wildman–Crippen MR) is 211 cm³/mol. The zero-order valence-corrected chi connectivity index (χ0v) is 33.7. The molecule has 1 N–H and O–H groups in total. The largest absolute Gasteiger partial charge is 0.460 e. The van der Waals surface area contributed by atoms with Crippen LogP contribution >= 0.6 is 0 Å². The van der Waals surface area contributed by atoms with Gasteiger partial charge in [-0.25, -0.2) is 9.59 Å². The SMILES string of the molecule is C[C@@H]1CC[C@@H](C(C)(C)c2ccccc2)[C@H](OC(=O)[C@](/C=C/CCO[Si](C)(C)C(C)(C)C)(COCc2ccccc2)NC(=O)OCc2ccccc2)C1. The van der Waals surface area contributed by atoms with E-state index in [0.29, 0.717) is 18.9 Å². The summed E-state index contributed by atoms with van der Waals surface area (Å²) in [6.45, 7) is 18.4. The Balaban J connectivity index is 1.65. The number of rotatable bonds is 16. The Labute approximate surface area is 313 Å². The highest BCUT2D eigenvalue weighted by Gasteiger charge is 2.47. The number of carbonyl (C=O) groups excluding carboxylic acids is 2. The van der Waals surface area contributed by atoms with Crippen molar-refractivity contribution in [3.05, 3.63) is 120 Å². The monoisotopic (exact) mass is 727 g/mol. The van der Waals surface area contributed by atoms with Crippen molar-refractivity contribution in [2.24, 2.45) is 11.8 Å². The maximum absolute atomic E-state index is 14.8. The fourth-order valence-electron chi connectivity index (χ4n) is 6.64. The van der Waals surface area contributed by atoms with Gasteiger partial charge in [-0.3, -0.25) is 5.32 Å². The lowest BCUT2D eigenvalue weighted by atomic mass is 9.64. The van der Waals surface area contributed by atoms with Gasteiger partial charge in [0.05, 0.1) is 13.2 Å². The highest BCUT2D eigenvalue weighted by molar-refractivity contribution is 6.74. The average Bonchev–Trinajstić information content (AvgIpc) is 3.11. The standard InChI is InChI=1S/C44H61NO6Si/c1-34-26-27-38(43(5,6)37-24-16-11-17-25-37)39(30-34)51-40(46)44(33-48-31-35-20-12-9-13-21-35,28-18-19-29-50-52(7,8)42(2,3)4)45-41(47)49-32-36-22-14-10-15-23-36/h9-18,20-25,28,34,38-39H,19,26-27,29-33H2,1-8H3,(H,45,47)/b28-18+/t34-,38-,39-,44+/m1/s1. The number of hydrogen-bond donors (Lipinski definition) is 1. The summed E-state index contributed by atoms with van der Waals surface area (Å²) < 4.78 is 25.0. The lowest BCUT2D eigenvalue weighted by Gasteiger charge is -2.45. The fraction of sp³-hybridized carbons (Fsp3) is 0.500. The third kappa shape index (κ3) is 11.4. The molecule has 0 aliphatic heterocycles. The molecular formula is C44H61NO6Si. The maximum atomic E-state index is 14.8. The van der Waals surface area contributed by atoms with Crippen molar-refractivity contribution >= 4 is 20.4 Å². The molecule has 4 atom stereocenters. The Bertz CT molecular complexity index is 1570. The van der Waals surface area contributed by atoms with Crippen LogP contribution in [0.5, 0.6) is 0 Å². The first-order valence-electron chi connectivity index (χ1n) is 18.8. The zero-order chi connectivity index (χ0) is 37.8. The van der Waals surface area contributed by atoms with Gasteiger partial charge in [-0.2, -0.15) is 0 Å². The van der Waals surface area contributed by atoms with Gasteiger partial charge in [0, 0.05) is 12.5 Å². The Hall–Kier alpha value is -3.72. The van der Waals surface area contributed by atoms with Crippen LogP contribution in [0.25, 0.3) is 0 Å². The minimum absolute atomic E-state index is 0.0558. The van der Waals surface area contributed by atoms with Crippen molar-refractivity contribution in [2.45, 2.75) is 116 Å². The highest BCUT2D eigenvalue weighted by Crippen LogP contribution is 2.44. The molecule has 0 radical (unpaired) electrons. The molecule has 0 bridgehead atoms. The molecule has 0 unspecified atom stereocenters. The summed E-state index contributed by atoms with van der Waals surface area (Å²) >= 11 is 0. The molecule has 1 amide bonds. The van der Waals surface area contributed by atoms with Gasteiger partial charge in [-0.1, -0.05) is 145 Å². The Morgan fingerprint density at radius 1 is 0.827 bits per heavy atom. The van der Waals surface area contributed by atoms with Gasteiger partial charge < -0.3 is 18.6 Å². The van der Waals surface area contributed by atoms with E-state index in [1.165, 1.54) is 5.56 Å². The molecule has 0 aromatic heterocycles. The minimum Gasteiger partial charge on any atom is -0.460 e. The van der Waals surface area contributed by atoms with E-state index in [1.807, 2.05) is 72.8 Å². The molecule has 7 nitrogen and oxygen atoms in total. The van der Waals surface area contributed by atoms with E-state index in [4.69, 9.17) is 18.6 Å². The van der Waals surface area contributed by atoms with Gasteiger partial charge in [-0.15, -0.1) is 0 Å². The van der Waals surface area contributed by atoms with Crippen LogP contribution in [-0.2, 0) is 42.1 Å². The van der Waals surface area contributed by atoms with Crippen LogP contribution in [0.4, 0.5) is 4.79 Å². The number of benzene rings is 3. The molecule has 0 spiro atoms. The van der Waals surface area contributed by atoms with Crippen LogP contribution in [0.15, 0.2) is 103 Å². The summed E-state index contributed by atoms with van der Waals surface area (Å²) in [5, 5.41) is 2.99. The minimum atomic E-state index is -1.98. The van der Waals surface area contributed by atoms with Crippen molar-refractivity contribution in [2.75, 3.05) is 13.2 Å². The third-order valence-electron chi connectivity index (χ3n) is 11.1. The van der Waals surface area contributed by atoms with E-state index < -0.39 is 25.9 Å². The summed E-state index contributed by atoms with van der Waals surface area (Å²) in [6, 6.07) is 29.7. The van der Waals surface area contributed by atoms with Crippen LogP contribution in [0.3, 0.4) is 0 Å². The second-order valence-electron chi connectivity index (χ2n) is 16.5. The van der Waals surface area contributed by atoms with E-state index in [-0.39, 0.29) is 42.3 Å². The molecule has 4 rings (SSSR count). The van der Waals surface area contributed by atoms with Gasteiger partial charge >= 0.3 is 12.1 Å². The molecule has 1 aliphatic carbocycles. The van der Waals surface area contributed by atoms with Gasteiger partial charge in [0.15, 0.2) is 13.9 Å². The number of ether oxygens (including phenoxy) is 3. The van der Waals surface area contributed by atoms with Gasteiger partial charge in [0.1, 0.15) is 12.7 Å². The molecule has 0 saturated heterocycles. The maximum Gasteiger partial charge on any atom is 0.408 e. The number of nitrogens with one attached hydrogen (secondary N) is 1. The number of alkyl carbamates (subject to hydrolysis) is 1. The molecule has 1 aliphatic rings. The number of esters is 1. The first-order chi connectivity index (χ1) is 24.6. The van der Waals surface area contributed by atoms with Crippen molar-refractivity contribution in [3.63, 3.8) is 0 Å². The lowest BCUT2D eigenvalue weighted by Crippen LogP contribution is -2.59. The summed E-state index contributed by atoms with van der Waals surface area (Å²) in [5.41, 5.74) is 1.09. The molecule has 3 aromatic rings. The topological polar surface area (TPSA) is 83.1 Å².